The van der Waals surface area contributed by atoms with Crippen LogP contribution in [0.4, 0.5) is 0 Å². The third kappa shape index (κ3) is 3.68. The Hall–Kier alpha value is -0.880. The predicted octanol–water partition coefficient (Wildman–Crippen LogP) is 2.02. The third-order valence-electron chi connectivity index (χ3n) is 1.22. The summed E-state index contributed by atoms with van der Waals surface area (Å²) in [5.74, 6) is 8.39. The molecule has 0 heteroatoms. The molecular formula is C9H11. The molecular weight excluding hydrogens is 108 g/mol. The molecule has 9 heavy (non-hydrogen) atoms. The molecule has 1 atom stereocenters. The lowest BCUT2D eigenvalue weighted by Gasteiger charge is -1.98. The minimum Gasteiger partial charge on any atom is -0.107 e. The highest BCUT2D eigenvalue weighted by Gasteiger charge is 1.96. The Morgan fingerprint density at radius 2 is 2.22 bits per heavy atom. The molecule has 0 spiro atoms. The zero-order chi connectivity index (χ0) is 7.11. The fraction of sp³-hybridized carbons (Fsp3) is 0.556. The van der Waals surface area contributed by atoms with Gasteiger partial charge in [-0.05, 0) is 19.8 Å². The highest BCUT2D eigenvalue weighted by atomic mass is 14.0. The lowest BCUT2D eigenvalue weighted by atomic mass is 10.0. The Balaban J connectivity index is 3.55. The summed E-state index contributed by atoms with van der Waals surface area (Å²) >= 11 is 0. The lowest BCUT2D eigenvalue weighted by molar-refractivity contribution is 0.671. The van der Waals surface area contributed by atoms with E-state index in [2.05, 4.69) is 17.8 Å². The second-order valence-corrected chi connectivity index (χ2v) is 1.88. The van der Waals surface area contributed by atoms with Crippen molar-refractivity contribution in [3.8, 4) is 17.8 Å². The molecule has 0 amide bonds. The van der Waals surface area contributed by atoms with Gasteiger partial charge in [0.05, 0.1) is 0 Å². The first-order valence-corrected chi connectivity index (χ1v) is 3.17. The Morgan fingerprint density at radius 3 is 2.56 bits per heavy atom. The number of hydrogen-bond donors (Lipinski definition) is 0. The molecule has 0 N–H and O–H groups in total. The molecule has 1 unspecified atom stereocenters. The van der Waals surface area contributed by atoms with Crippen LogP contribution in [0.2, 0.25) is 0 Å². The van der Waals surface area contributed by atoms with E-state index in [0.29, 0.717) is 0 Å². The summed E-state index contributed by atoms with van der Waals surface area (Å²) < 4.78 is 0. The van der Waals surface area contributed by atoms with Crippen molar-refractivity contribution < 1.29 is 0 Å². The van der Waals surface area contributed by atoms with Gasteiger partial charge in [-0.15, -0.1) is 11.8 Å². The van der Waals surface area contributed by atoms with E-state index in [9.17, 15) is 0 Å². The van der Waals surface area contributed by atoms with Crippen LogP contribution < -0.4 is 0 Å². The molecule has 0 rings (SSSR count). The van der Waals surface area contributed by atoms with Crippen molar-refractivity contribution in [2.45, 2.75) is 26.7 Å². The summed E-state index contributed by atoms with van der Waals surface area (Å²) in [6, 6.07) is 0. The van der Waals surface area contributed by atoms with Crippen molar-refractivity contribution in [2.75, 3.05) is 0 Å². The summed E-state index contributed by atoms with van der Waals surface area (Å²) in [4.78, 5) is 0. The van der Waals surface area contributed by atoms with Crippen molar-refractivity contribution in [1.82, 2.24) is 0 Å². The van der Waals surface area contributed by atoms with Gasteiger partial charge in [-0.25, -0.2) is 0 Å². The smallest absolute Gasteiger partial charge is 0.0319 e. The number of rotatable bonds is 2. The van der Waals surface area contributed by atoms with Crippen LogP contribution in [0.1, 0.15) is 26.7 Å². The van der Waals surface area contributed by atoms with Gasteiger partial charge in [-0.3, -0.25) is 0 Å². The molecule has 0 aromatic heterocycles. The average molecular weight is 119 g/mol. The first-order valence-electron chi connectivity index (χ1n) is 3.17. The fourth-order valence-electron chi connectivity index (χ4n) is 0.523. The van der Waals surface area contributed by atoms with E-state index < -0.39 is 0 Å². The molecule has 0 saturated carbocycles. The monoisotopic (exact) mass is 119 g/mol. The quantitative estimate of drug-likeness (QED) is 0.488. The van der Waals surface area contributed by atoms with Crippen LogP contribution in [0, 0.1) is 30.1 Å². The highest BCUT2D eigenvalue weighted by Crippen LogP contribution is 2.03. The summed E-state index contributed by atoms with van der Waals surface area (Å²) in [5, 5.41) is 0. The maximum absolute atomic E-state index is 6.82. The van der Waals surface area contributed by atoms with Gasteiger partial charge in [0.2, 0.25) is 0 Å². The molecule has 0 aromatic rings. The van der Waals surface area contributed by atoms with Crippen LogP contribution in [0.5, 0.6) is 0 Å². The Labute approximate surface area is 57.7 Å². The van der Waals surface area contributed by atoms with Crippen molar-refractivity contribution in [1.29, 1.82) is 0 Å². The van der Waals surface area contributed by atoms with Gasteiger partial charge in [0.1, 0.15) is 0 Å². The van der Waals surface area contributed by atoms with Gasteiger partial charge in [-0.1, -0.05) is 12.8 Å². The van der Waals surface area contributed by atoms with Crippen molar-refractivity contribution in [3.05, 3.63) is 6.42 Å². The van der Waals surface area contributed by atoms with Crippen LogP contribution in [-0.4, -0.2) is 0 Å². The zero-order valence-electron chi connectivity index (χ0n) is 5.99. The second kappa shape index (κ2) is 5.26. The topological polar surface area (TPSA) is 0 Å². The average Bonchev–Trinajstić information content (AvgIpc) is 1.91. The van der Waals surface area contributed by atoms with Crippen LogP contribution in [0.15, 0.2) is 0 Å². The predicted molar refractivity (Wildman–Crippen MR) is 39.0 cm³/mol. The maximum atomic E-state index is 6.82. The van der Waals surface area contributed by atoms with Gasteiger partial charge < -0.3 is 0 Å². The number of hydrogen-bond acceptors (Lipinski definition) is 0. The molecule has 0 aliphatic carbocycles. The second-order valence-electron chi connectivity index (χ2n) is 1.88. The van der Waals surface area contributed by atoms with Crippen molar-refractivity contribution >= 4 is 0 Å². The van der Waals surface area contributed by atoms with E-state index in [1.165, 1.54) is 0 Å². The van der Waals surface area contributed by atoms with E-state index in [0.717, 1.165) is 12.8 Å². The molecule has 1 radical (unpaired) electrons. The molecule has 0 bridgehead atoms. The van der Waals surface area contributed by atoms with Crippen molar-refractivity contribution in [3.63, 3.8) is 0 Å². The first-order chi connectivity index (χ1) is 4.35. The molecule has 0 aromatic carbocycles. The van der Waals surface area contributed by atoms with E-state index in [1.54, 1.807) is 0 Å². The molecule has 0 saturated heterocycles. The Kier molecular flexibility index (Phi) is 4.75. The summed E-state index contributed by atoms with van der Waals surface area (Å²) in [6.07, 6.45) is 8.58. The minimum atomic E-state index is 0.248. The Bertz CT molecular complexity index is 149. The van der Waals surface area contributed by atoms with Gasteiger partial charge in [0.25, 0.3) is 0 Å². The van der Waals surface area contributed by atoms with Crippen LogP contribution in [-0.2, 0) is 0 Å². The van der Waals surface area contributed by atoms with Gasteiger partial charge in [0.15, 0.2) is 0 Å². The van der Waals surface area contributed by atoms with Crippen LogP contribution >= 0.6 is 0 Å². The van der Waals surface area contributed by atoms with E-state index in [-0.39, 0.29) is 5.92 Å². The highest BCUT2D eigenvalue weighted by molar-refractivity contribution is 5.01. The van der Waals surface area contributed by atoms with Crippen LogP contribution in [0.25, 0.3) is 0 Å². The van der Waals surface area contributed by atoms with Gasteiger partial charge >= 0.3 is 0 Å². The van der Waals surface area contributed by atoms with E-state index in [1.807, 2.05) is 13.8 Å². The molecule has 47 valence electrons. The van der Waals surface area contributed by atoms with E-state index >= 15 is 0 Å². The van der Waals surface area contributed by atoms with Gasteiger partial charge in [-0.2, -0.15) is 0 Å². The zero-order valence-corrected chi connectivity index (χ0v) is 5.99. The largest absolute Gasteiger partial charge is 0.107 e. The molecule has 0 aliphatic heterocycles. The Morgan fingerprint density at radius 1 is 1.56 bits per heavy atom. The lowest BCUT2D eigenvalue weighted by Crippen LogP contribution is -1.90. The molecule has 0 aliphatic rings. The summed E-state index contributed by atoms with van der Waals surface area (Å²) in [6.45, 7) is 3.86. The maximum Gasteiger partial charge on any atom is 0.0319 e. The van der Waals surface area contributed by atoms with E-state index in [4.69, 9.17) is 6.42 Å². The SMILES string of the molecule is [C]#CC(CC)CC#CC. The summed E-state index contributed by atoms with van der Waals surface area (Å²) in [7, 11) is 0. The first kappa shape index (κ1) is 8.12. The van der Waals surface area contributed by atoms with Crippen LogP contribution in [0.3, 0.4) is 0 Å². The normalized spacial score (nSPS) is 10.8. The molecule has 0 heterocycles. The fourth-order valence-corrected chi connectivity index (χ4v) is 0.523. The summed E-state index contributed by atoms with van der Waals surface area (Å²) in [5.41, 5.74) is 0. The standard InChI is InChI=1S/C9H11/c1-4-7-8-9(5-2)6-3/h9H,5,8H2,1-2H3. The van der Waals surface area contributed by atoms with Gasteiger partial charge in [0, 0.05) is 12.3 Å². The molecule has 0 fully saturated rings. The third-order valence-corrected chi connectivity index (χ3v) is 1.22. The molecule has 0 nitrogen and oxygen atoms in total. The van der Waals surface area contributed by atoms with Crippen molar-refractivity contribution in [2.24, 2.45) is 5.92 Å². The minimum absolute atomic E-state index is 0.248.